The molecule has 2 aromatic rings. The molecule has 1 amide bonds. The zero-order valence-corrected chi connectivity index (χ0v) is 18.2. The average Bonchev–Trinajstić information content (AvgIpc) is 3.45. The summed E-state index contributed by atoms with van der Waals surface area (Å²) in [5.41, 5.74) is 2.60. The van der Waals surface area contributed by atoms with E-state index in [1.54, 1.807) is 23.1 Å². The summed E-state index contributed by atoms with van der Waals surface area (Å²) < 4.78 is 11.2. The first-order chi connectivity index (χ1) is 15.6. The molecule has 2 heterocycles. The van der Waals surface area contributed by atoms with Crippen molar-refractivity contribution in [2.75, 3.05) is 13.2 Å². The number of carbonyl (C=O) groups is 2. The van der Waals surface area contributed by atoms with Crippen molar-refractivity contribution < 1.29 is 24.2 Å². The number of fused-ring (bicyclic) bond motifs is 1. The van der Waals surface area contributed by atoms with Crippen molar-refractivity contribution in [3.8, 4) is 11.5 Å². The van der Waals surface area contributed by atoms with Gasteiger partial charge in [0, 0.05) is 11.6 Å². The number of benzene rings is 2. The summed E-state index contributed by atoms with van der Waals surface area (Å²) >= 11 is 0. The number of carbonyl (C=O) groups excluding carboxylic acids is 2. The van der Waals surface area contributed by atoms with Gasteiger partial charge in [0.25, 0.3) is 11.7 Å². The molecule has 2 aromatic carbocycles. The van der Waals surface area contributed by atoms with E-state index in [9.17, 15) is 14.7 Å². The third-order valence-corrected chi connectivity index (χ3v) is 6.72. The predicted octanol–water partition coefficient (Wildman–Crippen LogP) is 4.38. The van der Waals surface area contributed by atoms with Crippen molar-refractivity contribution in [1.82, 2.24) is 4.90 Å². The van der Waals surface area contributed by atoms with Crippen LogP contribution in [0.2, 0.25) is 0 Å². The zero-order valence-electron chi connectivity index (χ0n) is 18.2. The summed E-state index contributed by atoms with van der Waals surface area (Å²) in [6.45, 7) is 2.98. The molecule has 1 aliphatic carbocycles. The lowest BCUT2D eigenvalue weighted by Gasteiger charge is -2.31. The minimum absolute atomic E-state index is 0.00729. The van der Waals surface area contributed by atoms with Crippen LogP contribution in [0.5, 0.6) is 11.5 Å². The Morgan fingerprint density at radius 2 is 1.69 bits per heavy atom. The first-order valence-corrected chi connectivity index (χ1v) is 11.4. The maximum Gasteiger partial charge on any atom is 0.295 e. The fourth-order valence-electron chi connectivity index (χ4n) is 5.02. The summed E-state index contributed by atoms with van der Waals surface area (Å²) in [6, 6.07) is 12.5. The maximum absolute atomic E-state index is 13.2. The topological polar surface area (TPSA) is 76.1 Å². The van der Waals surface area contributed by atoms with Crippen molar-refractivity contribution in [3.63, 3.8) is 0 Å². The molecular weight excluding hydrogens is 406 g/mol. The van der Waals surface area contributed by atoms with E-state index in [2.05, 4.69) is 6.92 Å². The average molecular weight is 434 g/mol. The molecule has 1 saturated heterocycles. The van der Waals surface area contributed by atoms with Gasteiger partial charge in [-0.1, -0.05) is 44.0 Å². The fraction of sp³-hybridized carbons (Fsp3) is 0.385. The summed E-state index contributed by atoms with van der Waals surface area (Å²) in [5.74, 6) is -0.208. The van der Waals surface area contributed by atoms with Gasteiger partial charge in [0.1, 0.15) is 19.0 Å². The fourth-order valence-corrected chi connectivity index (χ4v) is 5.02. The molecule has 3 aliphatic rings. The first kappa shape index (κ1) is 20.6. The SMILES string of the molecule is CCc1ccc(C2/C(=C(/O)c3ccc4c(c3)OCCO4)C(=O)C(=O)N2C2CCCC2)cc1. The molecule has 0 aromatic heterocycles. The smallest absolute Gasteiger partial charge is 0.295 e. The highest BCUT2D eigenvalue weighted by molar-refractivity contribution is 6.46. The monoisotopic (exact) mass is 433 g/mol. The van der Waals surface area contributed by atoms with E-state index in [0.717, 1.165) is 37.7 Å². The number of aliphatic hydroxyl groups is 1. The Labute approximate surface area is 187 Å². The van der Waals surface area contributed by atoms with Crippen LogP contribution in [0.15, 0.2) is 48.0 Å². The number of nitrogens with zero attached hydrogens (tertiary/aromatic N) is 1. The summed E-state index contributed by atoms with van der Waals surface area (Å²) in [6.07, 6.45) is 4.73. The number of rotatable bonds is 4. The van der Waals surface area contributed by atoms with Crippen LogP contribution >= 0.6 is 0 Å². The number of ether oxygens (including phenoxy) is 2. The van der Waals surface area contributed by atoms with Crippen LogP contribution in [-0.2, 0) is 16.0 Å². The van der Waals surface area contributed by atoms with Gasteiger partial charge in [0.05, 0.1) is 11.6 Å². The van der Waals surface area contributed by atoms with E-state index in [1.165, 1.54) is 5.56 Å². The lowest BCUT2D eigenvalue weighted by atomic mass is 9.93. The van der Waals surface area contributed by atoms with Crippen molar-refractivity contribution in [2.24, 2.45) is 0 Å². The standard InChI is InChI=1S/C26H27NO5/c1-2-16-7-9-17(10-8-16)23-22(25(29)26(30)27(23)19-5-3-4-6-19)24(28)18-11-12-20-21(15-18)32-14-13-31-20/h7-12,15,19,23,28H,2-6,13-14H2,1H3/b24-22-. The quantitative estimate of drug-likeness (QED) is 0.440. The molecule has 2 aliphatic heterocycles. The van der Waals surface area contributed by atoms with Crippen molar-refractivity contribution in [1.29, 1.82) is 0 Å². The van der Waals surface area contributed by atoms with Gasteiger partial charge in [0.15, 0.2) is 11.5 Å². The minimum Gasteiger partial charge on any atom is -0.507 e. The summed E-state index contributed by atoms with van der Waals surface area (Å²) in [7, 11) is 0. The van der Waals surface area contributed by atoms with E-state index in [0.29, 0.717) is 30.3 Å². The van der Waals surface area contributed by atoms with Crippen molar-refractivity contribution in [3.05, 3.63) is 64.7 Å². The molecule has 32 heavy (non-hydrogen) atoms. The minimum atomic E-state index is -0.631. The van der Waals surface area contributed by atoms with Crippen LogP contribution < -0.4 is 9.47 Å². The van der Waals surface area contributed by atoms with Gasteiger partial charge in [-0.25, -0.2) is 0 Å². The highest BCUT2D eigenvalue weighted by atomic mass is 16.6. The van der Waals surface area contributed by atoms with Crippen LogP contribution in [0.4, 0.5) is 0 Å². The molecule has 1 atom stereocenters. The number of aliphatic hydroxyl groups excluding tert-OH is 1. The number of amides is 1. The Hall–Kier alpha value is -3.28. The second-order valence-electron chi connectivity index (χ2n) is 8.60. The number of hydrogen-bond donors (Lipinski definition) is 1. The third-order valence-electron chi connectivity index (χ3n) is 6.72. The molecule has 6 heteroatoms. The number of likely N-dealkylation sites (tertiary alicyclic amines) is 1. The molecule has 5 rings (SSSR count). The van der Waals surface area contributed by atoms with Crippen LogP contribution in [0.1, 0.15) is 55.3 Å². The predicted molar refractivity (Wildman–Crippen MR) is 120 cm³/mol. The van der Waals surface area contributed by atoms with Gasteiger partial charge < -0.3 is 19.5 Å². The van der Waals surface area contributed by atoms with Crippen LogP contribution in [0.25, 0.3) is 5.76 Å². The van der Waals surface area contributed by atoms with E-state index in [4.69, 9.17) is 9.47 Å². The van der Waals surface area contributed by atoms with E-state index in [1.807, 2.05) is 24.3 Å². The Morgan fingerprint density at radius 1 is 1.00 bits per heavy atom. The van der Waals surface area contributed by atoms with Crippen LogP contribution in [0, 0.1) is 0 Å². The molecule has 6 nitrogen and oxygen atoms in total. The maximum atomic E-state index is 13.2. The Kier molecular flexibility index (Phi) is 5.37. The molecule has 0 bridgehead atoms. The normalized spacial score (nSPS) is 22.5. The zero-order chi connectivity index (χ0) is 22.2. The first-order valence-electron chi connectivity index (χ1n) is 11.4. The van der Waals surface area contributed by atoms with Crippen LogP contribution in [0.3, 0.4) is 0 Å². The highest BCUT2D eigenvalue weighted by Crippen LogP contribution is 2.44. The largest absolute Gasteiger partial charge is 0.507 e. The third kappa shape index (κ3) is 3.44. The Bertz CT molecular complexity index is 1080. The van der Waals surface area contributed by atoms with E-state index < -0.39 is 17.7 Å². The number of aryl methyl sites for hydroxylation is 1. The molecule has 1 saturated carbocycles. The number of Topliss-reactive ketones (excluding diaryl/α,β-unsaturated/α-hetero) is 1. The van der Waals surface area contributed by atoms with Gasteiger partial charge in [-0.2, -0.15) is 0 Å². The molecular formula is C26H27NO5. The van der Waals surface area contributed by atoms with Gasteiger partial charge in [-0.05, 0) is 48.6 Å². The molecule has 1 unspecified atom stereocenters. The summed E-state index contributed by atoms with van der Waals surface area (Å²) in [4.78, 5) is 28.1. The van der Waals surface area contributed by atoms with E-state index in [-0.39, 0.29) is 17.4 Å². The lowest BCUT2D eigenvalue weighted by molar-refractivity contribution is -0.141. The summed E-state index contributed by atoms with van der Waals surface area (Å²) in [5, 5.41) is 11.3. The van der Waals surface area contributed by atoms with Gasteiger partial charge in [-0.3, -0.25) is 9.59 Å². The van der Waals surface area contributed by atoms with Crippen LogP contribution in [-0.4, -0.2) is 41.0 Å². The van der Waals surface area contributed by atoms with E-state index >= 15 is 0 Å². The Balaban J connectivity index is 1.63. The van der Waals surface area contributed by atoms with Gasteiger partial charge in [-0.15, -0.1) is 0 Å². The highest BCUT2D eigenvalue weighted by Gasteiger charge is 2.49. The molecule has 1 N–H and O–H groups in total. The van der Waals surface area contributed by atoms with Gasteiger partial charge >= 0.3 is 0 Å². The molecule has 0 radical (unpaired) electrons. The van der Waals surface area contributed by atoms with Crippen molar-refractivity contribution in [2.45, 2.75) is 51.1 Å². The Morgan fingerprint density at radius 3 is 2.38 bits per heavy atom. The second-order valence-corrected chi connectivity index (χ2v) is 8.60. The van der Waals surface area contributed by atoms with Crippen molar-refractivity contribution >= 4 is 17.4 Å². The molecule has 0 spiro atoms. The molecule has 166 valence electrons. The second kappa shape index (κ2) is 8.34. The van der Waals surface area contributed by atoms with Gasteiger partial charge in [0.2, 0.25) is 0 Å². The number of hydrogen-bond acceptors (Lipinski definition) is 5. The lowest BCUT2D eigenvalue weighted by Crippen LogP contribution is -2.37. The molecule has 2 fully saturated rings. The number of ketones is 1.